The Morgan fingerprint density at radius 3 is 2.92 bits per heavy atom. The highest BCUT2D eigenvalue weighted by Crippen LogP contribution is 2.30. The number of rotatable bonds is 7. The number of fused-ring (bicyclic) bond motifs is 1. The van der Waals surface area contributed by atoms with Crippen molar-refractivity contribution in [3.63, 3.8) is 0 Å². The quantitative estimate of drug-likeness (QED) is 0.628. The summed E-state index contributed by atoms with van der Waals surface area (Å²) in [5, 5.41) is 0.0835. The molecule has 0 aliphatic heterocycles. The molecule has 0 aliphatic carbocycles. The van der Waals surface area contributed by atoms with Crippen LogP contribution in [0.3, 0.4) is 0 Å². The predicted octanol–water partition coefficient (Wildman–Crippen LogP) is 2.88. The first-order valence-electron chi connectivity index (χ1n) is 8.70. The lowest BCUT2D eigenvalue weighted by atomic mass is 10.3. The van der Waals surface area contributed by atoms with Crippen LogP contribution >= 0.6 is 0 Å². The Morgan fingerprint density at radius 2 is 2.19 bits per heavy atom. The average Bonchev–Trinajstić information content (AvgIpc) is 3.03. The van der Waals surface area contributed by atoms with Gasteiger partial charge in [-0.05, 0) is 12.1 Å². The fraction of sp³-hybridized carbons (Fsp3) is 0.250. The van der Waals surface area contributed by atoms with E-state index in [4.69, 9.17) is 13.6 Å². The van der Waals surface area contributed by atoms with Crippen molar-refractivity contribution in [2.75, 3.05) is 14.1 Å². The van der Waals surface area contributed by atoms with E-state index in [-0.39, 0.29) is 33.9 Å². The maximum atomic E-state index is 12.7. The van der Waals surface area contributed by atoms with Gasteiger partial charge < -0.3 is 19.2 Å². The van der Waals surface area contributed by atoms with Gasteiger partial charge in [-0.15, -0.1) is 0 Å². The zero-order valence-electron chi connectivity index (χ0n) is 16.4. The third-order valence-corrected chi connectivity index (χ3v) is 4.56. The molecule has 7 nitrogen and oxygen atoms in total. The molecule has 1 unspecified atom stereocenters. The van der Waals surface area contributed by atoms with E-state index in [2.05, 4.69) is 19.7 Å². The summed E-state index contributed by atoms with van der Waals surface area (Å²) in [5.41, 5.74) is 0.982. The number of aromatic nitrogens is 3. The normalized spacial score (nSPS) is 14.5. The lowest BCUT2D eigenvalue weighted by Crippen LogP contribution is -2.04. The maximum Gasteiger partial charge on any atom is 0.387 e. The van der Waals surface area contributed by atoms with Gasteiger partial charge in [-0.2, -0.15) is 8.78 Å². The summed E-state index contributed by atoms with van der Waals surface area (Å²) < 4.78 is 73.4. The summed E-state index contributed by atoms with van der Waals surface area (Å²) in [5.74, 6) is -0.235. The molecule has 2 heterocycles. The van der Waals surface area contributed by atoms with E-state index in [0.29, 0.717) is 11.0 Å². The van der Waals surface area contributed by atoms with Crippen LogP contribution in [0.2, 0.25) is 0 Å². The lowest BCUT2D eigenvalue weighted by molar-refractivity contribution is -0.0497. The van der Waals surface area contributed by atoms with Gasteiger partial charge in [-0.3, -0.25) is 9.19 Å². The molecule has 10 heteroatoms. The van der Waals surface area contributed by atoms with Crippen molar-refractivity contribution in [3.05, 3.63) is 36.2 Å². The first kappa shape index (κ1) is 14.4. The molecule has 0 saturated carbocycles. The van der Waals surface area contributed by atoms with Crippen LogP contribution in [0.25, 0.3) is 11.0 Å². The first-order valence-corrected chi connectivity index (χ1v) is 8.52. The van der Waals surface area contributed by atoms with Crippen molar-refractivity contribution in [2.24, 2.45) is 0 Å². The van der Waals surface area contributed by atoms with Crippen LogP contribution in [0.1, 0.15) is 9.81 Å². The fourth-order valence-corrected chi connectivity index (χ4v) is 3.33. The van der Waals surface area contributed by atoms with Gasteiger partial charge in [0.2, 0.25) is 0 Å². The van der Waals surface area contributed by atoms with Crippen molar-refractivity contribution in [2.45, 2.75) is 17.5 Å². The number of halogens is 2. The Labute approximate surface area is 154 Å². The summed E-state index contributed by atoms with van der Waals surface area (Å²) in [6.07, 6.45) is 1.31. The van der Waals surface area contributed by atoms with Crippen LogP contribution in [-0.4, -0.2) is 39.9 Å². The van der Waals surface area contributed by atoms with Gasteiger partial charge >= 0.3 is 6.61 Å². The van der Waals surface area contributed by atoms with E-state index in [9.17, 15) is 13.0 Å². The van der Waals surface area contributed by atoms with Crippen LogP contribution in [0.4, 0.5) is 8.78 Å². The second-order valence-electron chi connectivity index (χ2n) is 4.98. The summed E-state index contributed by atoms with van der Waals surface area (Å²) in [6, 6.07) is 5.41. The minimum Gasteiger partial charge on any atom is -0.493 e. The molecular weight excluding hydrogens is 369 g/mol. The lowest BCUT2D eigenvalue weighted by Gasteiger charge is -2.10. The van der Waals surface area contributed by atoms with Gasteiger partial charge in [0.15, 0.2) is 16.7 Å². The van der Waals surface area contributed by atoms with Crippen LogP contribution in [0.15, 0.2) is 35.6 Å². The second-order valence-corrected chi connectivity index (χ2v) is 6.35. The number of nitrogens with one attached hydrogen (secondary N) is 1. The average molecular weight is 387 g/mol. The van der Waals surface area contributed by atoms with Crippen LogP contribution in [0, 0.1) is 0 Å². The Hall–Kier alpha value is -2.75. The molecule has 0 saturated heterocycles. The van der Waals surface area contributed by atoms with Crippen LogP contribution in [-0.2, 0) is 16.6 Å². The molecule has 138 valence electrons. The van der Waals surface area contributed by atoms with Gasteiger partial charge in [0.05, 0.1) is 51.5 Å². The second kappa shape index (κ2) is 7.65. The highest BCUT2D eigenvalue weighted by Gasteiger charge is 2.17. The van der Waals surface area contributed by atoms with E-state index in [1.165, 1.54) is 37.6 Å². The summed E-state index contributed by atoms with van der Waals surface area (Å²) >= 11 is 0. The van der Waals surface area contributed by atoms with E-state index in [0.717, 1.165) is 0 Å². The van der Waals surface area contributed by atoms with Crippen molar-refractivity contribution in [3.8, 4) is 17.2 Å². The molecule has 1 N–H and O–H groups in total. The van der Waals surface area contributed by atoms with Gasteiger partial charge in [0, 0.05) is 18.3 Å². The SMILES string of the molecule is [2H][13C]([2H])([2H])Oc1ccnc(CS(=O)c2nc3ccc(OC(F)F)cc3[nH]2)c1OC. The van der Waals surface area contributed by atoms with Crippen molar-refractivity contribution in [1.29, 1.82) is 0 Å². The summed E-state index contributed by atoms with van der Waals surface area (Å²) in [7, 11) is -3.11. The Morgan fingerprint density at radius 1 is 1.35 bits per heavy atom. The van der Waals surface area contributed by atoms with Gasteiger partial charge in [0.1, 0.15) is 5.75 Å². The molecule has 0 amide bonds. The number of ether oxygens (including phenoxy) is 3. The summed E-state index contributed by atoms with van der Waals surface area (Å²) in [4.78, 5) is 11.1. The van der Waals surface area contributed by atoms with Crippen LogP contribution in [0.5, 0.6) is 17.2 Å². The number of hydrogen-bond donors (Lipinski definition) is 1. The van der Waals surface area contributed by atoms with E-state index < -0.39 is 24.4 Å². The zero-order valence-corrected chi connectivity index (χ0v) is 14.2. The van der Waals surface area contributed by atoms with Crippen molar-refractivity contribution < 1.29 is 31.3 Å². The molecule has 0 fully saturated rings. The molecule has 0 bridgehead atoms. The molecule has 26 heavy (non-hydrogen) atoms. The Balaban J connectivity index is 1.85. The monoisotopic (exact) mass is 387 g/mol. The topological polar surface area (TPSA) is 86.3 Å². The van der Waals surface area contributed by atoms with Crippen molar-refractivity contribution in [1.82, 2.24) is 15.0 Å². The molecule has 0 spiro atoms. The number of imidazole rings is 1. The number of aromatic amines is 1. The molecule has 0 aliphatic rings. The molecule has 2 aromatic heterocycles. The molecule has 0 radical (unpaired) electrons. The predicted molar refractivity (Wildman–Crippen MR) is 90.2 cm³/mol. The summed E-state index contributed by atoms with van der Waals surface area (Å²) in [6.45, 7) is -2.97. The van der Waals surface area contributed by atoms with E-state index in [1.54, 1.807) is 0 Å². The Kier molecular flexibility index (Phi) is 4.24. The fourth-order valence-electron chi connectivity index (χ4n) is 2.31. The van der Waals surface area contributed by atoms with Crippen molar-refractivity contribution >= 4 is 21.8 Å². The van der Waals surface area contributed by atoms with Gasteiger partial charge in [0.25, 0.3) is 0 Å². The molecular formula is C16H15F2N3O4S. The highest BCUT2D eigenvalue weighted by molar-refractivity contribution is 7.84. The third-order valence-electron chi connectivity index (χ3n) is 3.40. The zero-order chi connectivity index (χ0) is 21.2. The largest absolute Gasteiger partial charge is 0.493 e. The number of methoxy groups -OCH3 is 2. The smallest absolute Gasteiger partial charge is 0.387 e. The Bertz CT molecular complexity index is 1050. The third kappa shape index (κ3) is 3.74. The van der Waals surface area contributed by atoms with E-state index >= 15 is 0 Å². The molecule has 1 atom stereocenters. The van der Waals surface area contributed by atoms with Gasteiger partial charge in [-0.25, -0.2) is 4.98 Å². The minimum absolute atomic E-state index is 0.0423. The number of benzene rings is 1. The number of pyridine rings is 1. The number of nitrogens with zero attached hydrogens (tertiary/aromatic N) is 2. The number of alkyl halides is 2. The maximum absolute atomic E-state index is 12.7. The first-order chi connectivity index (χ1) is 13.7. The molecule has 1 aromatic carbocycles. The number of hydrogen-bond acceptors (Lipinski definition) is 6. The highest BCUT2D eigenvalue weighted by atomic mass is 32.2. The standard InChI is InChI=1S/C16H15F2N3O4S/c1-23-13-5-6-19-12(14(13)24-2)8-26(22)16-20-10-4-3-9(25-15(17)18)7-11(10)21-16/h3-7,15H,8H2,1-2H3,(H,20,21)/i1+1D3. The molecule has 3 aromatic rings. The van der Waals surface area contributed by atoms with Crippen LogP contribution < -0.4 is 14.2 Å². The minimum atomic E-state index is -2.97. The number of H-pyrrole nitrogens is 1. The molecule has 3 rings (SSSR count). The van der Waals surface area contributed by atoms with E-state index in [1.807, 2.05) is 0 Å². The van der Waals surface area contributed by atoms with Gasteiger partial charge in [-0.1, -0.05) is 0 Å².